The van der Waals surface area contributed by atoms with Gasteiger partial charge in [0, 0.05) is 21.3 Å². The van der Waals surface area contributed by atoms with Crippen LogP contribution in [0.15, 0.2) is 65.7 Å². The molecule has 0 fully saturated rings. The Hall–Kier alpha value is -2.45. The molecule has 31 heavy (non-hydrogen) atoms. The lowest BCUT2D eigenvalue weighted by Gasteiger charge is -2.06. The van der Waals surface area contributed by atoms with Crippen LogP contribution in [0.5, 0.6) is 0 Å². The third-order valence-corrected chi connectivity index (χ3v) is 6.77. The highest BCUT2D eigenvalue weighted by Gasteiger charge is 2.13. The molecule has 0 atom stereocenters. The molecule has 2 aromatic carbocycles. The molecule has 0 spiro atoms. The number of carbonyl (C=O) groups excluding carboxylic acids is 1. The molecule has 0 radical (unpaired) electrons. The van der Waals surface area contributed by atoms with Gasteiger partial charge in [0.25, 0.3) is 0 Å². The lowest BCUT2D eigenvalue weighted by atomic mass is 10.2. The average molecular weight is 487 g/mol. The second kappa shape index (κ2) is 9.78. The standard InChI is InChI=1S/C22H16Cl2N4OS2/c1-13-21(31-22(25-13)14-5-3-2-4-6-14)18-7-8-20(28-27-18)30-12-19(29)26-17-10-15(23)9-16(24)11-17/h2-11H,12H2,1H3,(H,26,29). The van der Waals surface area contributed by atoms with Crippen LogP contribution >= 0.6 is 46.3 Å². The third kappa shape index (κ3) is 5.62. The van der Waals surface area contributed by atoms with E-state index in [1.54, 1.807) is 29.5 Å². The first-order chi connectivity index (χ1) is 15.0. The molecular weight excluding hydrogens is 471 g/mol. The molecule has 1 amide bonds. The molecule has 0 saturated heterocycles. The molecule has 2 heterocycles. The van der Waals surface area contributed by atoms with Gasteiger partial charge in [-0.05, 0) is 37.3 Å². The third-order valence-electron chi connectivity index (χ3n) is 4.19. The minimum atomic E-state index is -0.181. The molecule has 156 valence electrons. The number of carbonyl (C=O) groups is 1. The first kappa shape index (κ1) is 21.8. The number of hydrogen-bond donors (Lipinski definition) is 1. The number of nitrogens with one attached hydrogen (secondary N) is 1. The number of hydrogen-bond acceptors (Lipinski definition) is 6. The molecule has 0 aliphatic carbocycles. The number of aryl methyl sites for hydroxylation is 1. The van der Waals surface area contributed by atoms with E-state index in [0.29, 0.717) is 20.8 Å². The van der Waals surface area contributed by atoms with Crippen LogP contribution in [-0.2, 0) is 4.79 Å². The zero-order chi connectivity index (χ0) is 21.8. The van der Waals surface area contributed by atoms with Crippen molar-refractivity contribution in [3.63, 3.8) is 0 Å². The Morgan fingerprint density at radius 1 is 1.03 bits per heavy atom. The number of thioether (sulfide) groups is 1. The van der Waals surface area contributed by atoms with Crippen molar-refractivity contribution in [1.29, 1.82) is 0 Å². The number of rotatable bonds is 6. The summed E-state index contributed by atoms with van der Waals surface area (Å²) < 4.78 is 0. The Labute approximate surface area is 197 Å². The highest BCUT2D eigenvalue weighted by molar-refractivity contribution is 7.99. The van der Waals surface area contributed by atoms with Crippen LogP contribution in [0.2, 0.25) is 10.0 Å². The van der Waals surface area contributed by atoms with E-state index in [1.165, 1.54) is 11.8 Å². The van der Waals surface area contributed by atoms with E-state index in [2.05, 4.69) is 20.5 Å². The summed E-state index contributed by atoms with van der Waals surface area (Å²) >= 11 is 14.8. The highest BCUT2D eigenvalue weighted by atomic mass is 35.5. The van der Waals surface area contributed by atoms with E-state index in [-0.39, 0.29) is 11.7 Å². The molecule has 2 aromatic heterocycles. The van der Waals surface area contributed by atoms with Gasteiger partial charge in [0.1, 0.15) is 15.7 Å². The molecule has 4 rings (SSSR count). The number of amides is 1. The predicted molar refractivity (Wildman–Crippen MR) is 129 cm³/mol. The van der Waals surface area contributed by atoms with Crippen molar-refractivity contribution in [2.75, 3.05) is 11.1 Å². The molecule has 0 bridgehead atoms. The topological polar surface area (TPSA) is 67.8 Å². The molecule has 0 unspecified atom stereocenters. The predicted octanol–water partition coefficient (Wildman–Crippen LogP) is 6.61. The van der Waals surface area contributed by atoms with Crippen LogP contribution in [0.25, 0.3) is 21.1 Å². The molecule has 1 N–H and O–H groups in total. The van der Waals surface area contributed by atoms with Crippen LogP contribution in [-0.4, -0.2) is 26.8 Å². The van der Waals surface area contributed by atoms with Gasteiger partial charge in [0.2, 0.25) is 5.91 Å². The zero-order valence-corrected chi connectivity index (χ0v) is 19.4. The molecule has 5 nitrogen and oxygen atoms in total. The van der Waals surface area contributed by atoms with Crippen LogP contribution in [0.4, 0.5) is 5.69 Å². The average Bonchev–Trinajstić information content (AvgIpc) is 3.14. The maximum Gasteiger partial charge on any atom is 0.234 e. The number of aromatic nitrogens is 3. The largest absolute Gasteiger partial charge is 0.325 e. The van der Waals surface area contributed by atoms with Gasteiger partial charge in [-0.15, -0.1) is 21.5 Å². The van der Waals surface area contributed by atoms with Crippen LogP contribution < -0.4 is 5.32 Å². The van der Waals surface area contributed by atoms with E-state index >= 15 is 0 Å². The summed E-state index contributed by atoms with van der Waals surface area (Å²) in [7, 11) is 0. The summed E-state index contributed by atoms with van der Waals surface area (Å²) in [4.78, 5) is 17.9. The summed E-state index contributed by atoms with van der Waals surface area (Å²) in [6.07, 6.45) is 0. The van der Waals surface area contributed by atoms with Crippen molar-refractivity contribution in [3.05, 3.63) is 76.4 Å². The van der Waals surface area contributed by atoms with E-state index < -0.39 is 0 Å². The summed E-state index contributed by atoms with van der Waals surface area (Å²) in [5.74, 6) is 0.00983. The fraction of sp³-hybridized carbons (Fsp3) is 0.0909. The fourth-order valence-electron chi connectivity index (χ4n) is 2.82. The maximum atomic E-state index is 12.2. The van der Waals surface area contributed by atoms with E-state index in [4.69, 9.17) is 23.2 Å². The van der Waals surface area contributed by atoms with E-state index in [1.807, 2.05) is 49.4 Å². The second-order valence-corrected chi connectivity index (χ2v) is 9.42. The minimum Gasteiger partial charge on any atom is -0.325 e. The van der Waals surface area contributed by atoms with Crippen molar-refractivity contribution in [3.8, 4) is 21.1 Å². The van der Waals surface area contributed by atoms with Crippen LogP contribution in [0.3, 0.4) is 0 Å². The number of anilines is 1. The lowest BCUT2D eigenvalue weighted by Crippen LogP contribution is -2.14. The van der Waals surface area contributed by atoms with Crippen molar-refractivity contribution in [1.82, 2.24) is 15.2 Å². The number of halogens is 2. The first-order valence-electron chi connectivity index (χ1n) is 9.23. The molecule has 9 heteroatoms. The Morgan fingerprint density at radius 2 is 1.77 bits per heavy atom. The zero-order valence-electron chi connectivity index (χ0n) is 16.3. The molecule has 0 saturated carbocycles. The smallest absolute Gasteiger partial charge is 0.234 e. The van der Waals surface area contributed by atoms with Crippen LogP contribution in [0.1, 0.15) is 5.69 Å². The summed E-state index contributed by atoms with van der Waals surface area (Å²) in [6.45, 7) is 1.97. The van der Waals surface area contributed by atoms with Gasteiger partial charge >= 0.3 is 0 Å². The monoisotopic (exact) mass is 486 g/mol. The second-order valence-electron chi connectivity index (χ2n) is 6.55. The summed E-state index contributed by atoms with van der Waals surface area (Å²) in [5.41, 5.74) is 3.31. The van der Waals surface area contributed by atoms with Gasteiger partial charge in [0.05, 0.1) is 16.3 Å². The van der Waals surface area contributed by atoms with E-state index in [0.717, 1.165) is 26.8 Å². The van der Waals surface area contributed by atoms with Gasteiger partial charge in [-0.3, -0.25) is 4.79 Å². The molecule has 0 aliphatic rings. The van der Waals surface area contributed by atoms with Gasteiger partial charge in [-0.1, -0.05) is 65.3 Å². The van der Waals surface area contributed by atoms with E-state index in [9.17, 15) is 4.79 Å². The number of benzene rings is 2. The minimum absolute atomic E-state index is 0.181. The first-order valence-corrected chi connectivity index (χ1v) is 11.8. The van der Waals surface area contributed by atoms with Gasteiger partial charge in [-0.2, -0.15) is 0 Å². The molecule has 4 aromatic rings. The Morgan fingerprint density at radius 3 is 2.45 bits per heavy atom. The van der Waals surface area contributed by atoms with Crippen molar-refractivity contribution in [2.24, 2.45) is 0 Å². The summed E-state index contributed by atoms with van der Waals surface area (Å²) in [6, 6.07) is 18.7. The maximum absolute atomic E-state index is 12.2. The normalized spacial score (nSPS) is 10.8. The molecule has 0 aliphatic heterocycles. The number of thiazole rings is 1. The fourth-order valence-corrected chi connectivity index (χ4v) is 5.00. The van der Waals surface area contributed by atoms with Crippen molar-refractivity contribution >= 4 is 57.9 Å². The Kier molecular flexibility index (Phi) is 6.87. The van der Waals surface area contributed by atoms with Crippen LogP contribution in [0, 0.1) is 6.92 Å². The van der Waals surface area contributed by atoms with Crippen molar-refractivity contribution < 1.29 is 4.79 Å². The van der Waals surface area contributed by atoms with Gasteiger partial charge < -0.3 is 5.32 Å². The number of nitrogens with zero attached hydrogens (tertiary/aromatic N) is 3. The Bertz CT molecular complexity index is 1190. The lowest BCUT2D eigenvalue weighted by molar-refractivity contribution is -0.113. The quantitative estimate of drug-likeness (QED) is 0.310. The molecular formula is C22H16Cl2N4OS2. The highest BCUT2D eigenvalue weighted by Crippen LogP contribution is 2.34. The van der Waals surface area contributed by atoms with Crippen molar-refractivity contribution in [2.45, 2.75) is 11.9 Å². The van der Waals surface area contributed by atoms with Gasteiger partial charge in [0.15, 0.2) is 0 Å². The Balaban J connectivity index is 1.39. The van der Waals surface area contributed by atoms with Gasteiger partial charge in [-0.25, -0.2) is 4.98 Å². The SMILES string of the molecule is Cc1nc(-c2ccccc2)sc1-c1ccc(SCC(=O)Nc2cc(Cl)cc(Cl)c2)nn1. The summed E-state index contributed by atoms with van der Waals surface area (Å²) in [5, 5.41) is 13.9.